The van der Waals surface area contributed by atoms with Crippen molar-refractivity contribution < 1.29 is 8.42 Å². The van der Waals surface area contributed by atoms with Crippen LogP contribution in [0.3, 0.4) is 0 Å². The molecule has 2 rings (SSSR count). The summed E-state index contributed by atoms with van der Waals surface area (Å²) in [7, 11) is -3.38. The van der Waals surface area contributed by atoms with Crippen LogP contribution in [0.25, 0.3) is 0 Å². The average molecular weight is 339 g/mol. The molecule has 0 aromatic heterocycles. The third-order valence-electron chi connectivity index (χ3n) is 2.76. The van der Waals surface area contributed by atoms with Crippen molar-refractivity contribution in [3.63, 3.8) is 0 Å². The lowest BCUT2D eigenvalue weighted by Gasteiger charge is -2.20. The fourth-order valence-electron chi connectivity index (χ4n) is 1.76. The van der Waals surface area contributed by atoms with Gasteiger partial charge in [-0.25, -0.2) is 8.42 Å². The van der Waals surface area contributed by atoms with Gasteiger partial charge in [0.1, 0.15) is 0 Å². The van der Waals surface area contributed by atoms with Crippen LogP contribution in [0.5, 0.6) is 0 Å². The fourth-order valence-corrected chi connectivity index (χ4v) is 4.13. The zero-order valence-corrected chi connectivity index (χ0v) is 12.5. The van der Waals surface area contributed by atoms with E-state index in [-0.39, 0.29) is 6.04 Å². The molecule has 1 aliphatic rings. The number of nitrogens with zero attached hydrogens (tertiary/aromatic N) is 1. The molecule has 17 heavy (non-hydrogen) atoms. The van der Waals surface area contributed by atoms with Crippen molar-refractivity contribution in [1.29, 1.82) is 0 Å². The molecular formula is C11H13BrClNO2S. The number of sulfonamides is 1. The summed E-state index contributed by atoms with van der Waals surface area (Å²) >= 11 is 9.11. The Hall–Kier alpha value is -0.100. The summed E-state index contributed by atoms with van der Waals surface area (Å²) in [5.41, 5.74) is 0. The van der Waals surface area contributed by atoms with Crippen molar-refractivity contribution in [1.82, 2.24) is 4.31 Å². The van der Waals surface area contributed by atoms with Crippen molar-refractivity contribution in [3.8, 4) is 0 Å². The molecule has 1 aromatic rings. The highest BCUT2D eigenvalue weighted by molar-refractivity contribution is 9.10. The van der Waals surface area contributed by atoms with Crippen LogP contribution < -0.4 is 0 Å². The SMILES string of the molecule is CCN(C1CC1)S(=O)(=O)c1ccc(Cl)c(Br)c1. The number of halogens is 2. The topological polar surface area (TPSA) is 37.4 Å². The lowest BCUT2D eigenvalue weighted by Crippen LogP contribution is -2.32. The monoisotopic (exact) mass is 337 g/mol. The van der Waals surface area contributed by atoms with E-state index in [9.17, 15) is 8.42 Å². The van der Waals surface area contributed by atoms with Crippen LogP contribution in [-0.2, 0) is 10.0 Å². The van der Waals surface area contributed by atoms with Gasteiger partial charge in [0, 0.05) is 17.1 Å². The number of rotatable bonds is 4. The Labute approximate surface area is 115 Å². The Balaban J connectivity index is 2.39. The second-order valence-electron chi connectivity index (χ2n) is 4.02. The Bertz CT molecular complexity index is 528. The molecule has 1 aliphatic carbocycles. The summed E-state index contributed by atoms with van der Waals surface area (Å²) in [6.07, 6.45) is 1.92. The molecule has 0 N–H and O–H groups in total. The van der Waals surface area contributed by atoms with E-state index in [0.29, 0.717) is 20.9 Å². The predicted octanol–water partition coefficient (Wildman–Crippen LogP) is 3.28. The minimum absolute atomic E-state index is 0.180. The van der Waals surface area contributed by atoms with Gasteiger partial charge in [-0.15, -0.1) is 0 Å². The lowest BCUT2D eigenvalue weighted by atomic mass is 10.4. The molecule has 0 bridgehead atoms. The number of hydrogen-bond acceptors (Lipinski definition) is 2. The van der Waals surface area contributed by atoms with E-state index in [2.05, 4.69) is 15.9 Å². The lowest BCUT2D eigenvalue weighted by molar-refractivity contribution is 0.421. The van der Waals surface area contributed by atoms with Crippen molar-refractivity contribution >= 4 is 37.6 Å². The van der Waals surface area contributed by atoms with E-state index in [1.54, 1.807) is 22.5 Å². The van der Waals surface area contributed by atoms with Gasteiger partial charge in [0.2, 0.25) is 10.0 Å². The average Bonchev–Trinajstić information content (AvgIpc) is 3.07. The smallest absolute Gasteiger partial charge is 0.207 e. The minimum atomic E-state index is -3.38. The molecule has 0 amide bonds. The Morgan fingerprint density at radius 3 is 2.59 bits per heavy atom. The van der Waals surface area contributed by atoms with Gasteiger partial charge >= 0.3 is 0 Å². The highest BCUT2D eigenvalue weighted by Crippen LogP contribution is 2.33. The molecule has 1 fully saturated rings. The van der Waals surface area contributed by atoms with E-state index < -0.39 is 10.0 Å². The van der Waals surface area contributed by atoms with Crippen molar-refractivity contribution in [2.24, 2.45) is 0 Å². The Kier molecular flexibility index (Phi) is 3.83. The second-order valence-corrected chi connectivity index (χ2v) is 7.17. The van der Waals surface area contributed by atoms with E-state index in [1.165, 1.54) is 0 Å². The van der Waals surface area contributed by atoms with E-state index in [4.69, 9.17) is 11.6 Å². The molecule has 0 spiro atoms. The molecule has 0 radical (unpaired) electrons. The third-order valence-corrected chi connectivity index (χ3v) is 6.00. The molecule has 0 unspecified atom stereocenters. The van der Waals surface area contributed by atoms with Crippen LogP contribution in [0.15, 0.2) is 27.6 Å². The summed E-state index contributed by atoms with van der Waals surface area (Å²) in [6.45, 7) is 2.37. The van der Waals surface area contributed by atoms with Gasteiger partial charge < -0.3 is 0 Å². The molecule has 0 saturated heterocycles. The van der Waals surface area contributed by atoms with Gasteiger partial charge in [0.25, 0.3) is 0 Å². The number of benzene rings is 1. The van der Waals surface area contributed by atoms with E-state index in [0.717, 1.165) is 12.8 Å². The molecule has 1 saturated carbocycles. The van der Waals surface area contributed by atoms with Crippen LogP contribution >= 0.6 is 27.5 Å². The van der Waals surface area contributed by atoms with Gasteiger partial charge in [-0.2, -0.15) is 4.31 Å². The molecule has 6 heteroatoms. The molecular weight excluding hydrogens is 326 g/mol. The molecule has 1 aromatic carbocycles. The maximum atomic E-state index is 12.4. The summed E-state index contributed by atoms with van der Waals surface area (Å²) in [5, 5.41) is 0.512. The highest BCUT2D eigenvalue weighted by atomic mass is 79.9. The number of hydrogen-bond donors (Lipinski definition) is 0. The van der Waals surface area contributed by atoms with Crippen molar-refractivity contribution in [2.75, 3.05) is 6.54 Å². The maximum Gasteiger partial charge on any atom is 0.243 e. The molecule has 94 valence electrons. The van der Waals surface area contributed by atoms with Crippen LogP contribution in [0, 0.1) is 0 Å². The Morgan fingerprint density at radius 2 is 2.12 bits per heavy atom. The van der Waals surface area contributed by atoms with Gasteiger partial charge in [0.15, 0.2) is 0 Å². The molecule has 3 nitrogen and oxygen atoms in total. The van der Waals surface area contributed by atoms with Crippen molar-refractivity contribution in [3.05, 3.63) is 27.7 Å². The van der Waals surface area contributed by atoms with Crippen LogP contribution in [0.1, 0.15) is 19.8 Å². The highest BCUT2D eigenvalue weighted by Gasteiger charge is 2.36. The summed E-state index contributed by atoms with van der Waals surface area (Å²) in [4.78, 5) is 0.294. The van der Waals surface area contributed by atoms with Gasteiger partial charge in [-0.05, 0) is 47.0 Å². The minimum Gasteiger partial charge on any atom is -0.207 e. The predicted molar refractivity (Wildman–Crippen MR) is 71.7 cm³/mol. The van der Waals surface area contributed by atoms with Gasteiger partial charge in [0.05, 0.1) is 9.92 Å². The Morgan fingerprint density at radius 1 is 1.47 bits per heavy atom. The summed E-state index contributed by atoms with van der Waals surface area (Å²) in [6, 6.07) is 4.88. The first-order valence-electron chi connectivity index (χ1n) is 5.43. The quantitative estimate of drug-likeness (QED) is 0.845. The van der Waals surface area contributed by atoms with Gasteiger partial charge in [-0.1, -0.05) is 18.5 Å². The fraction of sp³-hybridized carbons (Fsp3) is 0.455. The zero-order chi connectivity index (χ0) is 12.6. The van der Waals surface area contributed by atoms with Crippen LogP contribution in [0.2, 0.25) is 5.02 Å². The zero-order valence-electron chi connectivity index (χ0n) is 9.36. The van der Waals surface area contributed by atoms with E-state index in [1.807, 2.05) is 6.92 Å². The summed E-state index contributed by atoms with van der Waals surface area (Å²) in [5.74, 6) is 0. The first kappa shape index (κ1) is 13.3. The normalized spacial score (nSPS) is 16.5. The largest absolute Gasteiger partial charge is 0.243 e. The van der Waals surface area contributed by atoms with Crippen molar-refractivity contribution in [2.45, 2.75) is 30.7 Å². The van der Waals surface area contributed by atoms with Gasteiger partial charge in [-0.3, -0.25) is 0 Å². The third kappa shape index (κ3) is 2.67. The van der Waals surface area contributed by atoms with Crippen LogP contribution in [0.4, 0.5) is 0 Å². The molecule has 0 atom stereocenters. The first-order valence-corrected chi connectivity index (χ1v) is 8.05. The van der Waals surface area contributed by atoms with E-state index >= 15 is 0 Å². The van der Waals surface area contributed by atoms with Crippen LogP contribution in [-0.4, -0.2) is 25.3 Å². The second kappa shape index (κ2) is 4.88. The molecule has 0 aliphatic heterocycles. The maximum absolute atomic E-state index is 12.4. The first-order chi connectivity index (χ1) is 7.96. The molecule has 0 heterocycles. The summed E-state index contributed by atoms with van der Waals surface area (Å²) < 4.78 is 26.9. The standard InChI is InChI=1S/C11H13BrClNO2S/c1-2-14(8-3-4-8)17(15,16)9-5-6-11(13)10(12)7-9/h5-8H,2-4H2,1H3.